The lowest BCUT2D eigenvalue weighted by Gasteiger charge is -2.08. The molecule has 1 unspecified atom stereocenters. The number of halogens is 1. The molecule has 0 aliphatic heterocycles. The molecule has 9 heteroatoms. The molecule has 7 nitrogen and oxygen atoms in total. The Balaban J connectivity index is 4.15. The van der Waals surface area contributed by atoms with Gasteiger partial charge in [0.25, 0.3) is 12.3 Å². The number of carboxylic acid groups (broad SMARTS) is 1. The predicted molar refractivity (Wildman–Crippen MR) is 50.7 cm³/mol. The Labute approximate surface area is 91.6 Å². The zero-order chi connectivity index (χ0) is 12.8. The van der Waals surface area contributed by atoms with Crippen molar-refractivity contribution in [3.05, 3.63) is 0 Å². The maximum Gasteiger partial charge on any atom is 0.303 e. The van der Waals surface area contributed by atoms with E-state index in [0.717, 1.165) is 7.11 Å². The lowest BCUT2D eigenvalue weighted by Crippen LogP contribution is -2.38. The molecule has 1 amide bonds. The molecule has 0 bridgehead atoms. The number of rotatable bonds is 7. The fourth-order valence-corrected chi connectivity index (χ4v) is 1.80. The van der Waals surface area contributed by atoms with Crippen LogP contribution in [0.4, 0.5) is 4.39 Å². The van der Waals surface area contributed by atoms with Crippen molar-refractivity contribution in [1.29, 1.82) is 0 Å². The summed E-state index contributed by atoms with van der Waals surface area (Å²) in [6, 6.07) is 0. The summed E-state index contributed by atoms with van der Waals surface area (Å²) in [4.78, 5) is 20.9. The molecular weight excluding hydrogens is 245 g/mol. The van der Waals surface area contributed by atoms with Crippen LogP contribution in [0.15, 0.2) is 0 Å². The third kappa shape index (κ3) is 6.30. The second-order valence-electron chi connectivity index (χ2n) is 2.83. The van der Waals surface area contributed by atoms with Gasteiger partial charge in [-0.15, -0.1) is 0 Å². The van der Waals surface area contributed by atoms with Gasteiger partial charge in [-0.2, -0.15) is 0 Å². The summed E-state index contributed by atoms with van der Waals surface area (Å²) in [6.45, 7) is 0. The third-order valence-corrected chi connectivity index (χ3v) is 2.81. The molecule has 0 aromatic heterocycles. The lowest BCUT2D eigenvalue weighted by molar-refractivity contribution is -0.139. The number of alkyl halides is 1. The lowest BCUT2D eigenvalue weighted by atomic mass is 10.3. The van der Waals surface area contributed by atoms with E-state index >= 15 is 0 Å². The van der Waals surface area contributed by atoms with Crippen LogP contribution in [0.2, 0.25) is 0 Å². The average Bonchev–Trinajstić information content (AvgIpc) is 2.14. The SMILES string of the molecule is COC(F)C(=O)NS(=O)(=O)CCCC(=O)O. The Morgan fingerprint density at radius 1 is 1.50 bits per heavy atom. The molecule has 0 aromatic carbocycles. The number of carbonyl (C=O) groups is 2. The molecule has 0 saturated heterocycles. The van der Waals surface area contributed by atoms with E-state index in [1.165, 1.54) is 4.72 Å². The monoisotopic (exact) mass is 257 g/mol. The highest BCUT2D eigenvalue weighted by atomic mass is 32.2. The Hall–Kier alpha value is -1.22. The normalized spacial score (nSPS) is 13.1. The van der Waals surface area contributed by atoms with Gasteiger partial charge in [0.05, 0.1) is 5.75 Å². The van der Waals surface area contributed by atoms with Crippen LogP contribution in [0, 0.1) is 0 Å². The molecule has 1 atom stereocenters. The second kappa shape index (κ2) is 6.38. The van der Waals surface area contributed by atoms with Crippen molar-refractivity contribution in [3.63, 3.8) is 0 Å². The van der Waals surface area contributed by atoms with Crippen LogP contribution in [0.25, 0.3) is 0 Å². The summed E-state index contributed by atoms with van der Waals surface area (Å²) in [5, 5.41) is 8.26. The smallest absolute Gasteiger partial charge is 0.303 e. The molecule has 0 spiro atoms. The van der Waals surface area contributed by atoms with Crippen LogP contribution in [-0.4, -0.2) is 44.6 Å². The van der Waals surface area contributed by atoms with Gasteiger partial charge in [0, 0.05) is 13.5 Å². The number of ether oxygens (including phenoxy) is 1. The van der Waals surface area contributed by atoms with E-state index < -0.39 is 34.0 Å². The number of nitrogens with one attached hydrogen (secondary N) is 1. The molecule has 0 heterocycles. The summed E-state index contributed by atoms with van der Waals surface area (Å²) in [5.74, 6) is -3.15. The van der Waals surface area contributed by atoms with Crippen molar-refractivity contribution >= 4 is 21.9 Å². The van der Waals surface area contributed by atoms with Gasteiger partial charge in [0.15, 0.2) is 0 Å². The quantitative estimate of drug-likeness (QED) is 0.620. The fourth-order valence-electron chi connectivity index (χ4n) is 0.771. The van der Waals surface area contributed by atoms with Gasteiger partial charge >= 0.3 is 5.97 Å². The maximum absolute atomic E-state index is 12.5. The summed E-state index contributed by atoms with van der Waals surface area (Å²) in [7, 11) is -3.11. The minimum Gasteiger partial charge on any atom is -0.481 e. The Kier molecular flexibility index (Phi) is 5.89. The van der Waals surface area contributed by atoms with E-state index in [2.05, 4.69) is 4.74 Å². The van der Waals surface area contributed by atoms with Crippen molar-refractivity contribution in [2.75, 3.05) is 12.9 Å². The number of carbonyl (C=O) groups excluding carboxylic acids is 1. The largest absolute Gasteiger partial charge is 0.481 e. The van der Waals surface area contributed by atoms with Crippen LogP contribution in [0.3, 0.4) is 0 Å². The number of amides is 1. The summed E-state index contributed by atoms with van der Waals surface area (Å²) < 4.78 is 40.1. The van der Waals surface area contributed by atoms with Crippen molar-refractivity contribution in [2.45, 2.75) is 19.2 Å². The fraction of sp³-hybridized carbons (Fsp3) is 0.714. The summed E-state index contributed by atoms with van der Waals surface area (Å²) >= 11 is 0. The van der Waals surface area contributed by atoms with Crippen LogP contribution < -0.4 is 4.72 Å². The van der Waals surface area contributed by atoms with E-state index in [1.54, 1.807) is 0 Å². The molecule has 0 aliphatic carbocycles. The molecule has 16 heavy (non-hydrogen) atoms. The predicted octanol–water partition coefficient (Wildman–Crippen LogP) is -0.761. The topological polar surface area (TPSA) is 110 Å². The minimum atomic E-state index is -4.01. The molecule has 0 aliphatic rings. The second-order valence-corrected chi connectivity index (χ2v) is 4.68. The number of hydrogen-bond acceptors (Lipinski definition) is 5. The first kappa shape index (κ1) is 14.8. The molecule has 0 rings (SSSR count). The van der Waals surface area contributed by atoms with Gasteiger partial charge in [-0.3, -0.25) is 9.59 Å². The number of carboxylic acids is 1. The van der Waals surface area contributed by atoms with Gasteiger partial charge in [0.2, 0.25) is 10.0 Å². The average molecular weight is 257 g/mol. The Morgan fingerprint density at radius 2 is 2.06 bits per heavy atom. The van der Waals surface area contributed by atoms with E-state index in [4.69, 9.17) is 5.11 Å². The zero-order valence-electron chi connectivity index (χ0n) is 8.47. The minimum absolute atomic E-state index is 0.165. The van der Waals surface area contributed by atoms with Crippen molar-refractivity contribution in [2.24, 2.45) is 0 Å². The Bertz CT molecular complexity index is 354. The van der Waals surface area contributed by atoms with Crippen LogP contribution >= 0.6 is 0 Å². The number of aliphatic carboxylic acids is 1. The molecule has 2 N–H and O–H groups in total. The molecular formula is C7H12FNO6S. The number of methoxy groups -OCH3 is 1. The van der Waals surface area contributed by atoms with Gasteiger partial charge in [-0.05, 0) is 6.42 Å². The van der Waals surface area contributed by atoms with Crippen molar-refractivity contribution in [3.8, 4) is 0 Å². The van der Waals surface area contributed by atoms with Crippen LogP contribution in [0.1, 0.15) is 12.8 Å². The first-order chi connectivity index (χ1) is 7.28. The first-order valence-corrected chi connectivity index (χ1v) is 5.86. The van der Waals surface area contributed by atoms with E-state index in [9.17, 15) is 22.4 Å². The van der Waals surface area contributed by atoms with E-state index in [1.807, 2.05) is 0 Å². The third-order valence-electron chi connectivity index (χ3n) is 1.47. The molecule has 94 valence electrons. The first-order valence-electron chi connectivity index (χ1n) is 4.21. The summed E-state index contributed by atoms with van der Waals surface area (Å²) in [6.07, 6.45) is -2.88. The zero-order valence-corrected chi connectivity index (χ0v) is 9.29. The van der Waals surface area contributed by atoms with Gasteiger partial charge in [-0.25, -0.2) is 17.5 Å². The van der Waals surface area contributed by atoms with Crippen molar-refractivity contribution < 1.29 is 32.2 Å². The summed E-state index contributed by atoms with van der Waals surface area (Å²) in [5.41, 5.74) is 0. The van der Waals surface area contributed by atoms with Gasteiger partial charge in [-0.1, -0.05) is 0 Å². The maximum atomic E-state index is 12.5. The Morgan fingerprint density at radius 3 is 2.50 bits per heavy atom. The molecule has 0 radical (unpaired) electrons. The standard InChI is InChI=1S/C7H12FNO6S/c1-15-6(8)7(12)9-16(13,14)4-2-3-5(10)11/h6H,2-4H2,1H3,(H,9,12)(H,10,11). The molecule has 0 aromatic rings. The number of sulfonamides is 1. The molecule has 0 saturated carbocycles. The van der Waals surface area contributed by atoms with Gasteiger partial charge in [0.1, 0.15) is 0 Å². The molecule has 0 fully saturated rings. The highest BCUT2D eigenvalue weighted by Gasteiger charge is 2.22. The van der Waals surface area contributed by atoms with Crippen LogP contribution in [-0.2, 0) is 24.3 Å². The highest BCUT2D eigenvalue weighted by molar-refractivity contribution is 7.90. The van der Waals surface area contributed by atoms with E-state index in [0.29, 0.717) is 0 Å². The van der Waals surface area contributed by atoms with Crippen molar-refractivity contribution in [1.82, 2.24) is 4.72 Å². The van der Waals surface area contributed by atoms with E-state index in [-0.39, 0.29) is 12.8 Å². The highest BCUT2D eigenvalue weighted by Crippen LogP contribution is 1.97. The van der Waals surface area contributed by atoms with Crippen LogP contribution in [0.5, 0.6) is 0 Å². The van der Waals surface area contributed by atoms with Gasteiger partial charge < -0.3 is 9.84 Å². The number of hydrogen-bond donors (Lipinski definition) is 2.